The highest BCUT2D eigenvalue weighted by atomic mass is 19.4. The second-order valence-corrected chi connectivity index (χ2v) is 6.48. The molecule has 2 fully saturated rings. The number of likely N-dealkylation sites (tertiary alicyclic amines) is 1. The molecule has 1 saturated heterocycles. The lowest BCUT2D eigenvalue weighted by Crippen LogP contribution is -2.36. The Labute approximate surface area is 133 Å². The lowest BCUT2D eigenvalue weighted by molar-refractivity contribution is -0.138. The van der Waals surface area contributed by atoms with Crippen LogP contribution in [0.4, 0.5) is 13.2 Å². The Bertz CT molecular complexity index is 594. The molecule has 1 aliphatic carbocycles. The first kappa shape index (κ1) is 16.3. The lowest BCUT2D eigenvalue weighted by atomic mass is 9.85. The summed E-state index contributed by atoms with van der Waals surface area (Å²) < 4.78 is 40.5. The maximum Gasteiger partial charge on any atom is 0.416 e. The number of carbonyl (C=O) groups is 1. The minimum absolute atomic E-state index is 0.0240. The lowest BCUT2D eigenvalue weighted by Gasteiger charge is -2.31. The number of hydrogen-bond donors (Lipinski definition) is 1. The van der Waals surface area contributed by atoms with Crippen molar-refractivity contribution in [2.45, 2.75) is 50.2 Å². The van der Waals surface area contributed by atoms with Gasteiger partial charge in [-0.3, -0.25) is 9.69 Å². The first-order valence-electron chi connectivity index (χ1n) is 8.13. The zero-order valence-corrected chi connectivity index (χ0v) is 12.9. The van der Waals surface area contributed by atoms with E-state index in [4.69, 9.17) is 5.73 Å². The summed E-state index contributed by atoms with van der Waals surface area (Å²) in [5.41, 5.74) is 4.81. The molecule has 0 spiro atoms. The predicted molar refractivity (Wildman–Crippen MR) is 81.1 cm³/mol. The van der Waals surface area contributed by atoms with Gasteiger partial charge in [-0.15, -0.1) is 0 Å². The number of rotatable bonds is 3. The van der Waals surface area contributed by atoms with Crippen molar-refractivity contribution in [2.75, 3.05) is 13.1 Å². The van der Waals surface area contributed by atoms with Crippen molar-refractivity contribution in [2.24, 2.45) is 5.73 Å². The van der Waals surface area contributed by atoms with Crippen molar-refractivity contribution in [3.05, 3.63) is 34.9 Å². The fraction of sp³-hybridized carbons (Fsp3) is 0.588. The second-order valence-electron chi connectivity index (χ2n) is 6.48. The van der Waals surface area contributed by atoms with E-state index in [0.717, 1.165) is 44.8 Å². The number of primary amides is 1. The molecule has 126 valence electrons. The molecule has 0 aromatic heterocycles. The van der Waals surface area contributed by atoms with Crippen molar-refractivity contribution < 1.29 is 18.0 Å². The van der Waals surface area contributed by atoms with E-state index in [2.05, 4.69) is 4.90 Å². The summed E-state index contributed by atoms with van der Waals surface area (Å²) in [7, 11) is 0. The highest BCUT2D eigenvalue weighted by molar-refractivity contribution is 5.95. The van der Waals surface area contributed by atoms with Gasteiger partial charge >= 0.3 is 6.18 Å². The average molecular weight is 326 g/mol. The molecule has 6 heteroatoms. The van der Waals surface area contributed by atoms with Gasteiger partial charge in [-0.1, -0.05) is 12.5 Å². The van der Waals surface area contributed by atoms with Crippen molar-refractivity contribution in [1.82, 2.24) is 4.90 Å². The summed E-state index contributed by atoms with van der Waals surface area (Å²) in [6.45, 7) is 1.86. The van der Waals surface area contributed by atoms with E-state index >= 15 is 0 Å². The number of nitrogens with two attached hydrogens (primary N) is 1. The van der Waals surface area contributed by atoms with E-state index in [1.165, 1.54) is 12.1 Å². The molecule has 1 saturated carbocycles. The molecule has 2 atom stereocenters. The highest BCUT2D eigenvalue weighted by Gasteiger charge is 2.42. The van der Waals surface area contributed by atoms with Gasteiger partial charge in [0, 0.05) is 17.5 Å². The van der Waals surface area contributed by atoms with Crippen LogP contribution in [0.3, 0.4) is 0 Å². The van der Waals surface area contributed by atoms with E-state index in [1.807, 2.05) is 0 Å². The van der Waals surface area contributed by atoms with Crippen LogP contribution < -0.4 is 5.73 Å². The van der Waals surface area contributed by atoms with Crippen molar-refractivity contribution in [3.63, 3.8) is 0 Å². The molecule has 2 N–H and O–H groups in total. The third-order valence-electron chi connectivity index (χ3n) is 5.14. The zero-order chi connectivity index (χ0) is 16.6. The number of nitrogens with zero attached hydrogens (tertiary/aromatic N) is 1. The SMILES string of the molecule is NC(=O)c1cccc(C(F)(F)F)c1C1CCCC1N1CCCC1. The Morgan fingerprint density at radius 3 is 2.43 bits per heavy atom. The Morgan fingerprint density at radius 2 is 1.83 bits per heavy atom. The first-order valence-corrected chi connectivity index (χ1v) is 8.13. The van der Waals surface area contributed by atoms with Gasteiger partial charge < -0.3 is 5.73 Å². The second kappa shape index (κ2) is 6.15. The Hall–Kier alpha value is -1.56. The number of halogens is 3. The topological polar surface area (TPSA) is 46.3 Å². The Morgan fingerprint density at radius 1 is 1.13 bits per heavy atom. The van der Waals surface area contributed by atoms with Gasteiger partial charge in [0.2, 0.25) is 5.91 Å². The molecule has 23 heavy (non-hydrogen) atoms. The molecule has 0 bridgehead atoms. The van der Waals surface area contributed by atoms with Crippen LogP contribution in [0.2, 0.25) is 0 Å². The van der Waals surface area contributed by atoms with E-state index in [9.17, 15) is 18.0 Å². The molecule has 2 aliphatic rings. The van der Waals surface area contributed by atoms with E-state index < -0.39 is 17.6 Å². The van der Waals surface area contributed by atoms with Gasteiger partial charge in [0.15, 0.2) is 0 Å². The maximum atomic E-state index is 13.5. The number of hydrogen-bond acceptors (Lipinski definition) is 2. The summed E-state index contributed by atoms with van der Waals surface area (Å²) in [6, 6.07) is 3.85. The number of carbonyl (C=O) groups excluding carboxylic acids is 1. The fourth-order valence-corrected chi connectivity index (χ4v) is 4.21. The van der Waals surface area contributed by atoms with Crippen molar-refractivity contribution >= 4 is 5.91 Å². The zero-order valence-electron chi connectivity index (χ0n) is 12.9. The summed E-state index contributed by atoms with van der Waals surface area (Å²) in [5, 5.41) is 0. The first-order chi connectivity index (χ1) is 10.9. The maximum absolute atomic E-state index is 13.5. The predicted octanol–water partition coefficient (Wildman–Crippen LogP) is 3.54. The van der Waals surface area contributed by atoms with Crippen LogP contribution in [0.15, 0.2) is 18.2 Å². The van der Waals surface area contributed by atoms with E-state index in [0.29, 0.717) is 6.42 Å². The normalized spacial score (nSPS) is 25.9. The number of benzene rings is 1. The molecule has 1 aromatic carbocycles. The summed E-state index contributed by atoms with van der Waals surface area (Å²) in [6.07, 6.45) is 0.151. The molecule has 3 rings (SSSR count). The van der Waals surface area contributed by atoms with Gasteiger partial charge in [-0.25, -0.2) is 0 Å². The van der Waals surface area contributed by atoms with Crippen LogP contribution in [0.5, 0.6) is 0 Å². The van der Waals surface area contributed by atoms with Crippen LogP contribution in [0, 0.1) is 0 Å². The molecule has 1 aromatic rings. The largest absolute Gasteiger partial charge is 0.416 e. The standard InChI is InChI=1S/C17H21F3N2O/c18-17(19,20)13-7-3-6-12(16(21)23)15(13)11-5-4-8-14(11)22-9-1-2-10-22/h3,6-7,11,14H,1-2,4-5,8-10H2,(H2,21,23). The van der Waals surface area contributed by atoms with Crippen LogP contribution in [0.25, 0.3) is 0 Å². The summed E-state index contributed by atoms with van der Waals surface area (Å²) >= 11 is 0. The molecule has 1 amide bonds. The average Bonchev–Trinajstić information content (AvgIpc) is 3.16. The Kier molecular flexibility index (Phi) is 4.36. The molecular weight excluding hydrogens is 305 g/mol. The smallest absolute Gasteiger partial charge is 0.366 e. The molecule has 1 aliphatic heterocycles. The van der Waals surface area contributed by atoms with Gasteiger partial charge in [-0.2, -0.15) is 13.2 Å². The molecule has 1 heterocycles. The van der Waals surface area contributed by atoms with Crippen molar-refractivity contribution in [1.29, 1.82) is 0 Å². The van der Waals surface area contributed by atoms with Gasteiger partial charge in [-0.05, 0) is 56.5 Å². The molecule has 0 radical (unpaired) electrons. The molecule has 2 unspecified atom stereocenters. The van der Waals surface area contributed by atoms with Gasteiger partial charge in [0.1, 0.15) is 0 Å². The number of alkyl halides is 3. The highest BCUT2D eigenvalue weighted by Crippen LogP contribution is 2.45. The van der Waals surface area contributed by atoms with Crippen molar-refractivity contribution in [3.8, 4) is 0 Å². The quantitative estimate of drug-likeness (QED) is 0.923. The summed E-state index contributed by atoms with van der Waals surface area (Å²) in [4.78, 5) is 14.0. The monoisotopic (exact) mass is 326 g/mol. The molecular formula is C17H21F3N2O. The van der Waals surface area contributed by atoms with Crippen LogP contribution in [-0.4, -0.2) is 29.9 Å². The minimum atomic E-state index is -4.47. The Balaban J connectivity index is 2.07. The van der Waals surface area contributed by atoms with E-state index in [1.54, 1.807) is 0 Å². The third kappa shape index (κ3) is 3.09. The number of amides is 1. The van der Waals surface area contributed by atoms with Crippen LogP contribution in [0.1, 0.15) is 59.5 Å². The van der Waals surface area contributed by atoms with Crippen LogP contribution >= 0.6 is 0 Å². The van der Waals surface area contributed by atoms with Gasteiger partial charge in [0.05, 0.1) is 5.56 Å². The van der Waals surface area contributed by atoms with Crippen LogP contribution in [-0.2, 0) is 6.18 Å². The third-order valence-corrected chi connectivity index (χ3v) is 5.14. The van der Waals surface area contributed by atoms with Gasteiger partial charge in [0.25, 0.3) is 0 Å². The molecule has 3 nitrogen and oxygen atoms in total. The summed E-state index contributed by atoms with van der Waals surface area (Å²) in [5.74, 6) is -1.05. The minimum Gasteiger partial charge on any atom is -0.366 e. The van der Waals surface area contributed by atoms with E-state index in [-0.39, 0.29) is 23.1 Å². The fourth-order valence-electron chi connectivity index (χ4n) is 4.21.